The van der Waals surface area contributed by atoms with Gasteiger partial charge in [0.25, 0.3) is 0 Å². The summed E-state index contributed by atoms with van der Waals surface area (Å²) in [5, 5.41) is 12.4. The van der Waals surface area contributed by atoms with E-state index in [0.717, 1.165) is 18.9 Å². The molecule has 5 heteroatoms. The first kappa shape index (κ1) is 13.7. The van der Waals surface area contributed by atoms with Gasteiger partial charge in [-0.3, -0.25) is 0 Å². The minimum Gasteiger partial charge on any atom is -0.317 e. The average Bonchev–Trinajstić information content (AvgIpc) is 3.11. The van der Waals surface area contributed by atoms with E-state index in [1.165, 1.54) is 76.5 Å². The van der Waals surface area contributed by atoms with E-state index in [-0.39, 0.29) is 0 Å². The molecular weight excluding hydrogens is 262 g/mol. The van der Waals surface area contributed by atoms with E-state index in [4.69, 9.17) is 0 Å². The Morgan fingerprint density at radius 2 is 1.95 bits per heavy atom. The maximum Gasteiger partial charge on any atom is 0.137 e. The fraction of sp³-hybridized carbons (Fsp3) is 0.875. The van der Waals surface area contributed by atoms with Crippen LogP contribution in [0.3, 0.4) is 0 Å². The molecule has 3 aliphatic heterocycles. The summed E-state index contributed by atoms with van der Waals surface area (Å²) in [6, 6.07) is 0. The lowest BCUT2D eigenvalue weighted by Gasteiger charge is -2.35. The number of nitrogens with zero attached hydrogens (tertiary/aromatic N) is 4. The van der Waals surface area contributed by atoms with Gasteiger partial charge in [-0.25, -0.2) is 0 Å². The van der Waals surface area contributed by atoms with Crippen LogP contribution >= 0.6 is 0 Å². The van der Waals surface area contributed by atoms with E-state index < -0.39 is 0 Å². The van der Waals surface area contributed by atoms with Gasteiger partial charge >= 0.3 is 0 Å². The summed E-state index contributed by atoms with van der Waals surface area (Å²) in [6.07, 6.45) is 7.68. The quantitative estimate of drug-likeness (QED) is 0.914. The van der Waals surface area contributed by atoms with Gasteiger partial charge in [0.05, 0.1) is 0 Å². The fourth-order valence-electron chi connectivity index (χ4n) is 4.34. The highest BCUT2D eigenvalue weighted by atomic mass is 15.3. The lowest BCUT2D eigenvalue weighted by molar-refractivity contribution is 0.160. The second-order valence-electron chi connectivity index (χ2n) is 7.02. The maximum absolute atomic E-state index is 4.52. The topological polar surface area (TPSA) is 46.0 Å². The molecular formula is C16H27N5. The summed E-state index contributed by atoms with van der Waals surface area (Å²) in [6.45, 7) is 7.32. The Morgan fingerprint density at radius 1 is 1.05 bits per heavy atom. The van der Waals surface area contributed by atoms with Crippen LogP contribution in [0.2, 0.25) is 0 Å². The molecule has 1 atom stereocenters. The van der Waals surface area contributed by atoms with Crippen molar-refractivity contribution in [2.75, 3.05) is 32.7 Å². The molecule has 5 nitrogen and oxygen atoms in total. The van der Waals surface area contributed by atoms with E-state index in [2.05, 4.69) is 25.0 Å². The molecule has 0 unspecified atom stereocenters. The molecule has 116 valence electrons. The third-order valence-corrected chi connectivity index (χ3v) is 5.48. The van der Waals surface area contributed by atoms with E-state index >= 15 is 0 Å². The van der Waals surface area contributed by atoms with Crippen LogP contribution in [0.25, 0.3) is 0 Å². The molecule has 21 heavy (non-hydrogen) atoms. The zero-order valence-electron chi connectivity index (χ0n) is 12.9. The Hall–Kier alpha value is -0.940. The van der Waals surface area contributed by atoms with Crippen LogP contribution in [0.4, 0.5) is 0 Å². The molecule has 3 aliphatic rings. The molecule has 0 aromatic carbocycles. The number of hydrogen-bond acceptors (Lipinski definition) is 4. The Balaban J connectivity index is 1.40. The molecule has 0 radical (unpaired) electrons. The third kappa shape index (κ3) is 2.86. The van der Waals surface area contributed by atoms with Crippen molar-refractivity contribution >= 4 is 0 Å². The number of aromatic nitrogens is 3. The van der Waals surface area contributed by atoms with Gasteiger partial charge in [0, 0.05) is 32.0 Å². The number of hydrogen-bond donors (Lipinski definition) is 1. The number of rotatable bonds is 3. The highest BCUT2D eigenvalue weighted by molar-refractivity contribution is 5.07. The van der Waals surface area contributed by atoms with Gasteiger partial charge in [0.15, 0.2) is 0 Å². The molecule has 4 rings (SSSR count). The van der Waals surface area contributed by atoms with E-state index in [9.17, 15) is 0 Å². The Labute approximate surface area is 127 Å². The molecule has 0 saturated carbocycles. The first-order valence-electron chi connectivity index (χ1n) is 8.75. The van der Waals surface area contributed by atoms with Crippen molar-refractivity contribution in [3.63, 3.8) is 0 Å². The lowest BCUT2D eigenvalue weighted by Crippen LogP contribution is -2.41. The minimum atomic E-state index is 0.611. The molecule has 0 amide bonds. The van der Waals surface area contributed by atoms with Crippen molar-refractivity contribution in [2.45, 2.75) is 51.0 Å². The van der Waals surface area contributed by atoms with E-state index in [1.807, 2.05) is 0 Å². The standard InChI is InChI=1S/C16H27N5/c1-3-14(16-19-18-15-4-2-10-21(15)16)12-20(9-1)11-13-5-7-17-8-6-13/h13-14,17H,1-12H2/t14-/m1/s1. The number of aryl methyl sites for hydroxylation is 1. The molecule has 1 aromatic heterocycles. The molecule has 1 N–H and O–H groups in total. The monoisotopic (exact) mass is 289 g/mol. The predicted octanol–water partition coefficient (Wildman–Crippen LogP) is 1.40. The van der Waals surface area contributed by atoms with Crippen LogP contribution < -0.4 is 5.32 Å². The summed E-state index contributed by atoms with van der Waals surface area (Å²) in [5.74, 6) is 4.01. The number of piperidine rings is 2. The van der Waals surface area contributed by atoms with Crippen molar-refractivity contribution < 1.29 is 0 Å². The van der Waals surface area contributed by atoms with Gasteiger partial charge < -0.3 is 14.8 Å². The predicted molar refractivity (Wildman–Crippen MR) is 82.4 cm³/mol. The Kier molecular flexibility index (Phi) is 3.95. The van der Waals surface area contributed by atoms with Crippen molar-refractivity contribution in [2.24, 2.45) is 5.92 Å². The van der Waals surface area contributed by atoms with Crippen LogP contribution in [0.1, 0.15) is 49.7 Å². The van der Waals surface area contributed by atoms with Crippen molar-refractivity contribution in [1.29, 1.82) is 0 Å². The minimum absolute atomic E-state index is 0.611. The largest absolute Gasteiger partial charge is 0.317 e. The van der Waals surface area contributed by atoms with Crippen molar-refractivity contribution in [3.8, 4) is 0 Å². The summed E-state index contributed by atoms with van der Waals surface area (Å²) in [5.41, 5.74) is 0. The molecule has 0 bridgehead atoms. The molecule has 2 fully saturated rings. The molecule has 4 heterocycles. The van der Waals surface area contributed by atoms with Gasteiger partial charge in [-0.05, 0) is 57.7 Å². The average molecular weight is 289 g/mol. The van der Waals surface area contributed by atoms with Crippen molar-refractivity contribution in [3.05, 3.63) is 11.6 Å². The molecule has 0 aliphatic carbocycles. The van der Waals surface area contributed by atoms with Crippen LogP contribution in [-0.2, 0) is 13.0 Å². The summed E-state index contributed by atoms with van der Waals surface area (Å²) >= 11 is 0. The van der Waals surface area contributed by atoms with E-state index in [1.54, 1.807) is 0 Å². The maximum atomic E-state index is 4.52. The van der Waals surface area contributed by atoms with Crippen molar-refractivity contribution in [1.82, 2.24) is 25.0 Å². The molecule has 0 spiro atoms. The number of likely N-dealkylation sites (tertiary alicyclic amines) is 1. The first-order chi connectivity index (χ1) is 10.4. The summed E-state index contributed by atoms with van der Waals surface area (Å²) in [4.78, 5) is 2.70. The second kappa shape index (κ2) is 6.05. The molecule has 1 aromatic rings. The number of fused-ring (bicyclic) bond motifs is 1. The summed E-state index contributed by atoms with van der Waals surface area (Å²) < 4.78 is 2.40. The van der Waals surface area contributed by atoms with Gasteiger partial charge in [-0.1, -0.05) is 0 Å². The highest BCUT2D eigenvalue weighted by Gasteiger charge is 2.29. The Bertz CT molecular complexity index is 477. The van der Waals surface area contributed by atoms with Gasteiger partial charge in [-0.2, -0.15) is 0 Å². The molecule has 2 saturated heterocycles. The zero-order valence-corrected chi connectivity index (χ0v) is 12.9. The normalized spacial score (nSPS) is 27.9. The zero-order chi connectivity index (χ0) is 14.1. The lowest BCUT2D eigenvalue weighted by atomic mass is 9.93. The van der Waals surface area contributed by atoms with Crippen LogP contribution in [0.5, 0.6) is 0 Å². The first-order valence-corrected chi connectivity index (χ1v) is 8.75. The van der Waals surface area contributed by atoms with Gasteiger partial charge in [0.2, 0.25) is 0 Å². The second-order valence-corrected chi connectivity index (χ2v) is 7.02. The summed E-state index contributed by atoms with van der Waals surface area (Å²) in [7, 11) is 0. The SMILES string of the molecule is C1C[C@@H](c2nnc3n2CCC3)CN(CC2CCNCC2)C1. The van der Waals surface area contributed by atoms with E-state index in [0.29, 0.717) is 5.92 Å². The third-order valence-electron chi connectivity index (χ3n) is 5.48. The van der Waals surface area contributed by atoms with Crippen LogP contribution in [-0.4, -0.2) is 52.4 Å². The highest BCUT2D eigenvalue weighted by Crippen LogP contribution is 2.29. The van der Waals surface area contributed by atoms with Crippen LogP contribution in [0.15, 0.2) is 0 Å². The smallest absolute Gasteiger partial charge is 0.137 e. The Morgan fingerprint density at radius 3 is 2.86 bits per heavy atom. The fourth-order valence-corrected chi connectivity index (χ4v) is 4.34. The van der Waals surface area contributed by atoms with Gasteiger partial charge in [0.1, 0.15) is 11.6 Å². The van der Waals surface area contributed by atoms with Gasteiger partial charge in [-0.15, -0.1) is 10.2 Å². The van der Waals surface area contributed by atoms with Crippen LogP contribution in [0, 0.1) is 5.92 Å². The number of nitrogens with one attached hydrogen (secondary N) is 1.